The van der Waals surface area contributed by atoms with E-state index in [0.717, 1.165) is 10.2 Å². The van der Waals surface area contributed by atoms with Crippen molar-refractivity contribution in [2.24, 2.45) is 5.73 Å². The number of aromatic amines is 1. The van der Waals surface area contributed by atoms with Crippen LogP contribution in [0.15, 0.2) is 21.3 Å². The first-order valence-electron chi connectivity index (χ1n) is 3.66. The van der Waals surface area contributed by atoms with Gasteiger partial charge in [0.25, 0.3) is 5.89 Å². The molecule has 0 amide bonds. The van der Waals surface area contributed by atoms with Gasteiger partial charge in [-0.1, -0.05) is 5.16 Å². The van der Waals surface area contributed by atoms with Crippen molar-refractivity contribution in [3.8, 4) is 11.6 Å². The van der Waals surface area contributed by atoms with E-state index in [1.807, 2.05) is 6.07 Å². The molecule has 0 spiro atoms. The smallest absolute Gasteiger partial charge is 0.274 e. The molecular formula is C7H7BrN4O. The van der Waals surface area contributed by atoms with E-state index in [1.165, 1.54) is 0 Å². The summed E-state index contributed by atoms with van der Waals surface area (Å²) in [4.78, 5) is 7.03. The van der Waals surface area contributed by atoms with Crippen molar-refractivity contribution >= 4 is 15.9 Å². The molecule has 2 aromatic rings. The van der Waals surface area contributed by atoms with Crippen LogP contribution in [-0.2, 0) is 6.54 Å². The fraction of sp³-hybridized carbons (Fsp3) is 0.143. The minimum absolute atomic E-state index is 0.283. The molecule has 0 aliphatic rings. The maximum Gasteiger partial charge on any atom is 0.274 e. The van der Waals surface area contributed by atoms with Crippen LogP contribution in [-0.4, -0.2) is 15.1 Å². The molecule has 0 atom stereocenters. The number of rotatable bonds is 2. The maximum absolute atomic E-state index is 5.34. The minimum Gasteiger partial charge on any atom is -0.356 e. The molecule has 5 nitrogen and oxygen atoms in total. The average Bonchev–Trinajstić information content (AvgIpc) is 2.71. The Morgan fingerprint density at radius 3 is 3.00 bits per heavy atom. The standard InChI is InChI=1S/C7H7BrN4O/c8-4-1-5(10-3-4)7-11-6(2-9)12-13-7/h1,3,10H,2,9H2. The molecule has 0 aliphatic carbocycles. The highest BCUT2D eigenvalue weighted by atomic mass is 79.9. The zero-order chi connectivity index (χ0) is 9.26. The first-order valence-corrected chi connectivity index (χ1v) is 4.46. The van der Waals surface area contributed by atoms with Gasteiger partial charge in [-0.05, 0) is 22.0 Å². The minimum atomic E-state index is 0.283. The molecule has 0 aliphatic heterocycles. The SMILES string of the molecule is NCc1noc(-c2cc(Br)c[nH]2)n1. The van der Waals surface area contributed by atoms with E-state index < -0.39 is 0 Å². The van der Waals surface area contributed by atoms with Gasteiger partial charge >= 0.3 is 0 Å². The lowest BCUT2D eigenvalue weighted by atomic mass is 10.4. The molecule has 2 aromatic heterocycles. The van der Waals surface area contributed by atoms with E-state index in [9.17, 15) is 0 Å². The van der Waals surface area contributed by atoms with E-state index >= 15 is 0 Å². The molecular weight excluding hydrogens is 236 g/mol. The number of halogens is 1. The second-order valence-electron chi connectivity index (χ2n) is 2.45. The largest absolute Gasteiger partial charge is 0.356 e. The van der Waals surface area contributed by atoms with E-state index in [1.54, 1.807) is 6.20 Å². The number of aromatic nitrogens is 3. The Morgan fingerprint density at radius 1 is 1.62 bits per heavy atom. The van der Waals surface area contributed by atoms with Gasteiger partial charge in [0.2, 0.25) is 0 Å². The monoisotopic (exact) mass is 242 g/mol. The molecule has 0 aromatic carbocycles. The summed E-state index contributed by atoms with van der Waals surface area (Å²) in [5.41, 5.74) is 6.12. The van der Waals surface area contributed by atoms with Crippen molar-refractivity contribution in [1.82, 2.24) is 15.1 Å². The van der Waals surface area contributed by atoms with E-state index in [0.29, 0.717) is 11.7 Å². The number of nitrogens with one attached hydrogen (secondary N) is 1. The molecule has 0 radical (unpaired) electrons. The topological polar surface area (TPSA) is 80.7 Å². The molecule has 13 heavy (non-hydrogen) atoms. The van der Waals surface area contributed by atoms with Gasteiger partial charge in [0.05, 0.1) is 6.54 Å². The summed E-state index contributed by atoms with van der Waals surface area (Å²) >= 11 is 3.31. The van der Waals surface area contributed by atoms with Crippen LogP contribution in [0.25, 0.3) is 11.6 Å². The lowest BCUT2D eigenvalue weighted by Crippen LogP contribution is -1.97. The fourth-order valence-corrected chi connectivity index (χ4v) is 1.28. The van der Waals surface area contributed by atoms with Crippen molar-refractivity contribution in [2.45, 2.75) is 6.54 Å². The van der Waals surface area contributed by atoms with Crippen molar-refractivity contribution in [3.05, 3.63) is 22.6 Å². The number of nitrogens with two attached hydrogens (primary N) is 1. The molecule has 0 saturated carbocycles. The van der Waals surface area contributed by atoms with Crippen LogP contribution in [0.2, 0.25) is 0 Å². The fourth-order valence-electron chi connectivity index (χ4n) is 0.938. The van der Waals surface area contributed by atoms with E-state index in [2.05, 4.69) is 31.1 Å². The molecule has 2 heterocycles. The van der Waals surface area contributed by atoms with Crippen LogP contribution < -0.4 is 5.73 Å². The van der Waals surface area contributed by atoms with Gasteiger partial charge in [-0.25, -0.2) is 0 Å². The molecule has 0 bridgehead atoms. The Labute approximate surface area is 82.5 Å². The summed E-state index contributed by atoms with van der Waals surface area (Å²) in [5.74, 6) is 0.951. The molecule has 6 heteroatoms. The molecule has 0 saturated heterocycles. The van der Waals surface area contributed by atoms with Crippen LogP contribution >= 0.6 is 15.9 Å². The Hall–Kier alpha value is -1.14. The van der Waals surface area contributed by atoms with Gasteiger partial charge in [-0.3, -0.25) is 0 Å². The summed E-state index contributed by atoms with van der Waals surface area (Å²) in [7, 11) is 0. The van der Waals surface area contributed by atoms with Gasteiger partial charge in [0.15, 0.2) is 5.82 Å². The van der Waals surface area contributed by atoms with E-state index in [-0.39, 0.29) is 6.54 Å². The van der Waals surface area contributed by atoms with Crippen molar-refractivity contribution in [1.29, 1.82) is 0 Å². The summed E-state index contributed by atoms with van der Waals surface area (Å²) < 4.78 is 5.90. The Morgan fingerprint density at radius 2 is 2.46 bits per heavy atom. The normalized spacial score (nSPS) is 10.6. The van der Waals surface area contributed by atoms with Gasteiger partial charge < -0.3 is 15.2 Å². The predicted molar refractivity (Wildman–Crippen MR) is 49.7 cm³/mol. The first kappa shape index (κ1) is 8.46. The summed E-state index contributed by atoms with van der Waals surface area (Å²) in [6, 6.07) is 1.85. The Balaban J connectivity index is 2.35. The van der Waals surface area contributed by atoms with E-state index in [4.69, 9.17) is 10.3 Å². The number of hydrogen-bond acceptors (Lipinski definition) is 4. The third-order valence-electron chi connectivity index (χ3n) is 1.53. The first-order chi connectivity index (χ1) is 6.29. The second kappa shape index (κ2) is 3.31. The summed E-state index contributed by atoms with van der Waals surface area (Å²) in [6.07, 6.45) is 1.79. The second-order valence-corrected chi connectivity index (χ2v) is 3.37. The van der Waals surface area contributed by atoms with Crippen molar-refractivity contribution < 1.29 is 4.52 Å². The lowest BCUT2D eigenvalue weighted by molar-refractivity contribution is 0.422. The van der Waals surface area contributed by atoms with Crippen LogP contribution in [0.5, 0.6) is 0 Å². The van der Waals surface area contributed by atoms with Crippen molar-refractivity contribution in [2.75, 3.05) is 0 Å². The van der Waals surface area contributed by atoms with Gasteiger partial charge in [0, 0.05) is 10.7 Å². The summed E-state index contributed by atoms with van der Waals surface area (Å²) in [6.45, 7) is 0.283. The highest BCUT2D eigenvalue weighted by molar-refractivity contribution is 9.10. The number of hydrogen-bond donors (Lipinski definition) is 2. The maximum atomic E-state index is 5.34. The van der Waals surface area contributed by atoms with Crippen molar-refractivity contribution in [3.63, 3.8) is 0 Å². The highest BCUT2D eigenvalue weighted by Gasteiger charge is 2.08. The predicted octanol–water partition coefficient (Wildman–Crippen LogP) is 1.29. The third-order valence-corrected chi connectivity index (χ3v) is 1.99. The van der Waals surface area contributed by atoms with Crippen LogP contribution in [0.3, 0.4) is 0 Å². The zero-order valence-corrected chi connectivity index (χ0v) is 8.21. The number of nitrogens with zero attached hydrogens (tertiary/aromatic N) is 2. The van der Waals surface area contributed by atoms with Crippen LogP contribution in [0.4, 0.5) is 0 Å². The van der Waals surface area contributed by atoms with Gasteiger partial charge in [0.1, 0.15) is 5.69 Å². The lowest BCUT2D eigenvalue weighted by Gasteiger charge is -1.83. The third kappa shape index (κ3) is 1.63. The highest BCUT2D eigenvalue weighted by Crippen LogP contribution is 2.19. The molecule has 2 rings (SSSR count). The zero-order valence-electron chi connectivity index (χ0n) is 6.62. The Kier molecular flexibility index (Phi) is 2.15. The molecule has 3 N–H and O–H groups in total. The molecule has 68 valence electrons. The van der Waals surface area contributed by atoms with Crippen LogP contribution in [0, 0.1) is 0 Å². The summed E-state index contributed by atoms with van der Waals surface area (Å²) in [5, 5.41) is 3.67. The van der Waals surface area contributed by atoms with Gasteiger partial charge in [-0.15, -0.1) is 0 Å². The quantitative estimate of drug-likeness (QED) is 0.832. The van der Waals surface area contributed by atoms with Crippen LogP contribution in [0.1, 0.15) is 5.82 Å². The molecule has 0 fully saturated rings. The average molecular weight is 243 g/mol. The number of H-pyrrole nitrogens is 1. The Bertz CT molecular complexity index is 408. The van der Waals surface area contributed by atoms with Gasteiger partial charge in [-0.2, -0.15) is 4.98 Å². The molecule has 0 unspecified atom stereocenters.